The fraction of sp³-hybridized carbons (Fsp3) is 0.200. The van der Waals surface area contributed by atoms with E-state index in [1.807, 2.05) is 31.2 Å². The van der Waals surface area contributed by atoms with Crippen LogP contribution in [0.5, 0.6) is 5.75 Å². The Kier molecular flexibility index (Phi) is 4.37. The van der Waals surface area contributed by atoms with Gasteiger partial charge in [-0.3, -0.25) is 10.1 Å². The van der Waals surface area contributed by atoms with Crippen LogP contribution in [0.2, 0.25) is 0 Å². The lowest BCUT2D eigenvalue weighted by Gasteiger charge is -2.16. The summed E-state index contributed by atoms with van der Waals surface area (Å²) >= 11 is 0. The van der Waals surface area contributed by atoms with E-state index in [4.69, 9.17) is 4.74 Å². The molecule has 0 fully saturated rings. The minimum Gasteiger partial charge on any atom is -0.497 e. The Bertz CT molecular complexity index is 661. The number of nitro benzene ring substituents is 1. The van der Waals surface area contributed by atoms with Crippen LogP contribution in [-0.4, -0.2) is 12.0 Å². The van der Waals surface area contributed by atoms with Crippen LogP contribution >= 0.6 is 0 Å². The lowest BCUT2D eigenvalue weighted by Crippen LogP contribution is -2.08. The van der Waals surface area contributed by atoms with E-state index in [0.717, 1.165) is 11.6 Å². The summed E-state index contributed by atoms with van der Waals surface area (Å²) in [7, 11) is 1.58. The van der Waals surface area contributed by atoms with Gasteiger partial charge in [-0.15, -0.1) is 0 Å². The summed E-state index contributed by atoms with van der Waals surface area (Å²) in [6.45, 7) is 1.87. The van der Waals surface area contributed by atoms with Gasteiger partial charge in [-0.1, -0.05) is 12.1 Å². The fourth-order valence-electron chi connectivity index (χ4n) is 1.96. The molecule has 0 radical (unpaired) electrons. The molecule has 2 rings (SSSR count). The molecule has 5 nitrogen and oxygen atoms in total. The molecule has 0 amide bonds. The number of halogens is 1. The molecule has 0 aliphatic carbocycles. The van der Waals surface area contributed by atoms with E-state index in [-0.39, 0.29) is 17.4 Å². The molecule has 6 heteroatoms. The second kappa shape index (κ2) is 6.21. The molecule has 2 aromatic carbocycles. The number of nitrogens with one attached hydrogen (secondary N) is 1. The smallest absolute Gasteiger partial charge is 0.272 e. The van der Waals surface area contributed by atoms with Gasteiger partial charge in [0.15, 0.2) is 5.82 Å². The van der Waals surface area contributed by atoms with Crippen LogP contribution in [-0.2, 0) is 0 Å². The minimum absolute atomic E-state index is 0.170. The van der Waals surface area contributed by atoms with Gasteiger partial charge in [-0.2, -0.15) is 0 Å². The lowest BCUT2D eigenvalue weighted by atomic mass is 10.1. The summed E-state index contributed by atoms with van der Waals surface area (Å²) < 4.78 is 19.0. The van der Waals surface area contributed by atoms with Crippen LogP contribution in [0, 0.1) is 15.9 Å². The van der Waals surface area contributed by atoms with Crippen molar-refractivity contribution < 1.29 is 14.1 Å². The van der Waals surface area contributed by atoms with Crippen LogP contribution in [0.3, 0.4) is 0 Å². The molecule has 0 spiro atoms. The molecule has 1 unspecified atom stereocenters. The number of non-ortho nitro benzene ring substituents is 1. The molecule has 0 aliphatic rings. The van der Waals surface area contributed by atoms with Crippen molar-refractivity contribution in [2.45, 2.75) is 13.0 Å². The van der Waals surface area contributed by atoms with E-state index in [9.17, 15) is 14.5 Å². The maximum absolute atomic E-state index is 13.8. The van der Waals surface area contributed by atoms with Gasteiger partial charge in [0.05, 0.1) is 23.8 Å². The van der Waals surface area contributed by atoms with Gasteiger partial charge >= 0.3 is 0 Å². The molecule has 2 aromatic rings. The largest absolute Gasteiger partial charge is 0.497 e. The molecular weight excluding hydrogens is 275 g/mol. The quantitative estimate of drug-likeness (QED) is 0.669. The highest BCUT2D eigenvalue weighted by atomic mass is 19.1. The van der Waals surface area contributed by atoms with E-state index in [2.05, 4.69) is 5.32 Å². The predicted octanol–water partition coefficient (Wildman–Crippen LogP) is 3.92. The van der Waals surface area contributed by atoms with E-state index in [1.165, 1.54) is 12.1 Å². The van der Waals surface area contributed by atoms with Crippen molar-refractivity contribution in [1.29, 1.82) is 0 Å². The van der Waals surface area contributed by atoms with E-state index >= 15 is 0 Å². The number of hydrogen-bond acceptors (Lipinski definition) is 4. The number of rotatable bonds is 5. The second-order valence-corrected chi connectivity index (χ2v) is 4.56. The zero-order valence-electron chi connectivity index (χ0n) is 11.7. The number of nitrogens with zero attached hydrogens (tertiary/aromatic N) is 1. The molecule has 0 aliphatic heterocycles. The first-order valence-electron chi connectivity index (χ1n) is 6.35. The Hall–Kier alpha value is -2.63. The van der Waals surface area contributed by atoms with Crippen molar-refractivity contribution in [1.82, 2.24) is 0 Å². The van der Waals surface area contributed by atoms with Gasteiger partial charge in [0.1, 0.15) is 5.75 Å². The Morgan fingerprint density at radius 2 is 2.05 bits per heavy atom. The summed E-state index contributed by atoms with van der Waals surface area (Å²) in [5, 5.41) is 13.6. The monoisotopic (exact) mass is 290 g/mol. The van der Waals surface area contributed by atoms with Gasteiger partial charge in [0.25, 0.3) is 5.69 Å². The van der Waals surface area contributed by atoms with E-state index < -0.39 is 10.7 Å². The number of nitro groups is 1. The molecule has 110 valence electrons. The van der Waals surface area contributed by atoms with Gasteiger partial charge in [0.2, 0.25) is 0 Å². The first-order valence-corrected chi connectivity index (χ1v) is 6.35. The van der Waals surface area contributed by atoms with Crippen molar-refractivity contribution in [3.8, 4) is 5.75 Å². The highest BCUT2D eigenvalue weighted by Gasteiger charge is 2.13. The maximum atomic E-state index is 13.8. The molecule has 1 atom stereocenters. The van der Waals surface area contributed by atoms with Gasteiger partial charge in [-0.05, 0) is 30.7 Å². The van der Waals surface area contributed by atoms with Crippen LogP contribution in [0.25, 0.3) is 0 Å². The molecule has 1 N–H and O–H groups in total. The van der Waals surface area contributed by atoms with Crippen LogP contribution < -0.4 is 10.1 Å². The Balaban J connectivity index is 2.19. The molecule has 0 saturated heterocycles. The maximum Gasteiger partial charge on any atom is 0.272 e. The predicted molar refractivity (Wildman–Crippen MR) is 78.1 cm³/mol. The van der Waals surface area contributed by atoms with E-state index in [0.29, 0.717) is 5.75 Å². The number of anilines is 1. The van der Waals surface area contributed by atoms with Gasteiger partial charge in [-0.25, -0.2) is 4.39 Å². The van der Waals surface area contributed by atoms with Crippen molar-refractivity contribution in [2.75, 3.05) is 12.4 Å². The molecule has 0 heterocycles. The second-order valence-electron chi connectivity index (χ2n) is 4.56. The first-order chi connectivity index (χ1) is 10.0. The molecule has 0 saturated carbocycles. The highest BCUT2D eigenvalue weighted by Crippen LogP contribution is 2.26. The SMILES string of the molecule is COc1cccc(C(C)Nc2ccc([N+](=O)[O-])cc2F)c1. The Labute approximate surface area is 121 Å². The summed E-state index contributed by atoms with van der Waals surface area (Å²) in [5.74, 6) is 0.0595. The lowest BCUT2D eigenvalue weighted by molar-refractivity contribution is -0.385. The van der Waals surface area contributed by atoms with Crippen molar-refractivity contribution in [2.24, 2.45) is 0 Å². The zero-order chi connectivity index (χ0) is 15.4. The standard InChI is InChI=1S/C15H15FN2O3/c1-10(11-4-3-5-13(8-11)21-2)17-15-7-6-12(18(19)20)9-14(15)16/h3-10,17H,1-2H3. The Morgan fingerprint density at radius 1 is 1.29 bits per heavy atom. The zero-order valence-corrected chi connectivity index (χ0v) is 11.7. The van der Waals surface area contributed by atoms with Crippen LogP contribution in [0.15, 0.2) is 42.5 Å². The third kappa shape index (κ3) is 3.47. The number of benzene rings is 2. The highest BCUT2D eigenvalue weighted by molar-refractivity contribution is 5.51. The van der Waals surface area contributed by atoms with E-state index in [1.54, 1.807) is 7.11 Å². The normalized spacial score (nSPS) is 11.8. The van der Waals surface area contributed by atoms with Crippen molar-refractivity contribution in [3.63, 3.8) is 0 Å². The summed E-state index contributed by atoms with van der Waals surface area (Å²) in [4.78, 5) is 9.96. The summed E-state index contributed by atoms with van der Waals surface area (Å²) in [5.41, 5.74) is 0.870. The molecular formula is C15H15FN2O3. The topological polar surface area (TPSA) is 64.4 Å². The van der Waals surface area contributed by atoms with Gasteiger partial charge in [0, 0.05) is 12.1 Å². The van der Waals surface area contributed by atoms with Gasteiger partial charge < -0.3 is 10.1 Å². The Morgan fingerprint density at radius 3 is 2.67 bits per heavy atom. The number of hydrogen-bond donors (Lipinski definition) is 1. The summed E-state index contributed by atoms with van der Waals surface area (Å²) in [6, 6.07) is 10.8. The average Bonchev–Trinajstić information content (AvgIpc) is 2.49. The first kappa shape index (κ1) is 14.8. The summed E-state index contributed by atoms with van der Waals surface area (Å²) in [6.07, 6.45) is 0. The third-order valence-corrected chi connectivity index (χ3v) is 3.13. The van der Waals surface area contributed by atoms with Crippen molar-refractivity contribution >= 4 is 11.4 Å². The third-order valence-electron chi connectivity index (χ3n) is 3.13. The molecule has 0 bridgehead atoms. The average molecular weight is 290 g/mol. The van der Waals surface area contributed by atoms with Crippen LogP contribution in [0.4, 0.5) is 15.8 Å². The number of ether oxygens (including phenoxy) is 1. The fourth-order valence-corrected chi connectivity index (χ4v) is 1.96. The van der Waals surface area contributed by atoms with Crippen LogP contribution in [0.1, 0.15) is 18.5 Å². The minimum atomic E-state index is -0.654. The molecule has 21 heavy (non-hydrogen) atoms. The molecule has 0 aromatic heterocycles. The number of methoxy groups -OCH3 is 1. The van der Waals surface area contributed by atoms with Crippen molar-refractivity contribution in [3.05, 3.63) is 64.0 Å².